The Kier molecular flexibility index (Phi) is 9.68. The Balaban J connectivity index is 1.10. The summed E-state index contributed by atoms with van der Waals surface area (Å²) in [6.07, 6.45) is 28.3. The van der Waals surface area contributed by atoms with Crippen molar-refractivity contribution in [2.45, 2.75) is 49.6 Å². The highest BCUT2D eigenvalue weighted by Gasteiger charge is 2.36. The van der Waals surface area contributed by atoms with Gasteiger partial charge in [-0.15, -0.1) is 0 Å². The number of allylic oxidation sites excluding steroid dienone is 14. The Hall–Kier alpha value is -6.43. The molecular formula is C54H47N2+. The van der Waals surface area contributed by atoms with Crippen molar-refractivity contribution in [1.82, 2.24) is 5.32 Å². The van der Waals surface area contributed by atoms with E-state index >= 15 is 0 Å². The molecule has 0 fully saturated rings. The normalized spacial score (nSPS) is 22.3. The van der Waals surface area contributed by atoms with E-state index in [-0.39, 0.29) is 23.9 Å². The molecule has 1 heterocycles. The minimum Gasteiger partial charge on any atom is -0.267 e. The number of amidine groups is 1. The maximum absolute atomic E-state index is 4.19. The van der Waals surface area contributed by atoms with Crippen LogP contribution in [-0.2, 0) is 0 Å². The summed E-state index contributed by atoms with van der Waals surface area (Å²) in [5, 5.41) is 3.98. The van der Waals surface area contributed by atoms with Crippen molar-refractivity contribution in [3.8, 4) is 23.0 Å². The lowest BCUT2D eigenvalue weighted by atomic mass is 9.75. The second kappa shape index (κ2) is 15.4. The van der Waals surface area contributed by atoms with Crippen molar-refractivity contribution in [1.29, 1.82) is 0 Å². The summed E-state index contributed by atoms with van der Waals surface area (Å²) in [4.78, 5) is 0. The molecule has 56 heavy (non-hydrogen) atoms. The van der Waals surface area contributed by atoms with Gasteiger partial charge in [0.1, 0.15) is 12.1 Å². The van der Waals surface area contributed by atoms with Crippen LogP contribution in [0.15, 0.2) is 194 Å². The van der Waals surface area contributed by atoms with Crippen molar-refractivity contribution >= 4 is 17.0 Å². The molecule has 9 rings (SSSR count). The molecule has 4 aromatic rings. The first-order valence-corrected chi connectivity index (χ1v) is 20.0. The number of hydrogen-bond donors (Lipinski definition) is 1. The maximum atomic E-state index is 4.19. The molecule has 4 aromatic carbocycles. The van der Waals surface area contributed by atoms with Gasteiger partial charge in [-0.05, 0) is 98.7 Å². The van der Waals surface area contributed by atoms with E-state index in [9.17, 15) is 0 Å². The molecule has 1 aliphatic heterocycles. The molecule has 0 saturated carbocycles. The van der Waals surface area contributed by atoms with Crippen LogP contribution in [0.3, 0.4) is 0 Å². The molecule has 1 N–H and O–H groups in total. The predicted molar refractivity (Wildman–Crippen MR) is 235 cm³/mol. The first-order chi connectivity index (χ1) is 27.6. The summed E-state index contributed by atoms with van der Waals surface area (Å²) in [5.74, 6) is 8.78. The number of nitrogens with one attached hydrogen (secondary N) is 1. The molecule has 0 radical (unpaired) electrons. The average molecular weight is 724 g/mol. The zero-order valence-electron chi connectivity index (χ0n) is 32.1. The molecule has 2 heteroatoms. The van der Waals surface area contributed by atoms with Crippen LogP contribution in [0.4, 0.5) is 0 Å². The molecular weight excluding hydrogens is 677 g/mol. The smallest absolute Gasteiger partial charge is 0.267 e. The first kappa shape index (κ1) is 35.3. The van der Waals surface area contributed by atoms with Crippen LogP contribution in [-0.4, -0.2) is 23.5 Å². The highest BCUT2D eigenvalue weighted by molar-refractivity contribution is 5.97. The first-order valence-electron chi connectivity index (χ1n) is 20.0. The van der Waals surface area contributed by atoms with Gasteiger partial charge in [0.2, 0.25) is 0 Å². The number of fused-ring (bicyclic) bond motifs is 6. The summed E-state index contributed by atoms with van der Waals surface area (Å²) in [6, 6.07) is 35.9. The summed E-state index contributed by atoms with van der Waals surface area (Å²) < 4.78 is 2.44. The summed E-state index contributed by atoms with van der Waals surface area (Å²) in [6.45, 7) is 8.20. The highest BCUT2D eigenvalue weighted by Crippen LogP contribution is 2.47. The minimum atomic E-state index is 0.0462. The van der Waals surface area contributed by atoms with Gasteiger partial charge in [0, 0.05) is 17.9 Å². The fourth-order valence-electron chi connectivity index (χ4n) is 9.15. The molecule has 2 nitrogen and oxygen atoms in total. The second-order valence-corrected chi connectivity index (χ2v) is 15.3. The third-order valence-electron chi connectivity index (χ3n) is 12.0. The van der Waals surface area contributed by atoms with Gasteiger partial charge in [0.05, 0.1) is 18.5 Å². The molecule has 4 aliphatic carbocycles. The van der Waals surface area contributed by atoms with E-state index in [0.29, 0.717) is 0 Å². The van der Waals surface area contributed by atoms with E-state index in [4.69, 9.17) is 0 Å². The monoisotopic (exact) mass is 723 g/mol. The Morgan fingerprint density at radius 3 is 2.41 bits per heavy atom. The van der Waals surface area contributed by atoms with Gasteiger partial charge in [-0.2, -0.15) is 0 Å². The summed E-state index contributed by atoms with van der Waals surface area (Å²) in [5.41, 5.74) is 16.3. The van der Waals surface area contributed by atoms with Crippen LogP contribution in [0.25, 0.3) is 22.3 Å². The molecule has 5 aliphatic rings. The number of nitrogens with zero attached hydrogens (tertiary/aromatic N) is 1. The average Bonchev–Trinajstić information content (AvgIpc) is 3.50. The third-order valence-corrected chi connectivity index (χ3v) is 12.0. The van der Waals surface area contributed by atoms with Gasteiger partial charge in [0.25, 0.3) is 5.84 Å². The van der Waals surface area contributed by atoms with Crippen molar-refractivity contribution in [3.05, 3.63) is 227 Å². The van der Waals surface area contributed by atoms with Crippen LogP contribution < -0.4 is 5.32 Å². The van der Waals surface area contributed by atoms with E-state index in [2.05, 4.69) is 194 Å². The minimum absolute atomic E-state index is 0.0462. The Labute approximate surface area is 332 Å². The fourth-order valence-corrected chi connectivity index (χ4v) is 9.15. The standard InChI is InChI=1S/C54H46N2/c1-4-17-37(5-2)52-36-53(40-20-10-7-11-21-40)56(3)54(55-52)45-34-43(38-18-8-6-9-19-38)33-44(35-45)42-23-16-22-41(32-42)39-28-30-50-48-26-14-12-24-46(48)47-25-13-15-27-49(47)51(50)31-29-39/h4-5,7-8,10-28,30,33-35,42,51-53H,1-2,6,9,32,36H2,3H3/p+1. The lowest BCUT2D eigenvalue weighted by molar-refractivity contribution is -0.552. The van der Waals surface area contributed by atoms with Crippen molar-refractivity contribution in [2.75, 3.05) is 7.05 Å². The maximum Gasteiger partial charge on any atom is 0.277 e. The zero-order chi connectivity index (χ0) is 38.0. The van der Waals surface area contributed by atoms with Crippen LogP contribution in [0.2, 0.25) is 0 Å². The highest BCUT2D eigenvalue weighted by atomic mass is 15.2. The lowest BCUT2D eigenvalue weighted by Crippen LogP contribution is -2.48. The molecule has 0 aromatic heterocycles. The molecule has 0 spiro atoms. The molecule has 0 saturated heterocycles. The molecule has 0 amide bonds. The van der Waals surface area contributed by atoms with Crippen molar-refractivity contribution in [3.63, 3.8) is 0 Å². The number of rotatable bonds is 8. The Bertz CT molecular complexity index is 2570. The second-order valence-electron chi connectivity index (χ2n) is 15.3. The molecule has 0 bridgehead atoms. The SMILES string of the molecule is C=CC=C(C=C)C1CC(c2ccccc2)[N+](C)=C(c2cc(C3=CCCC=C3)cc(C3C=CC=C(C4=CC=C5c6ccccc6-c6ccccc6C5C#C4)C3)c2)N1. The van der Waals surface area contributed by atoms with Crippen molar-refractivity contribution in [2.24, 2.45) is 0 Å². The summed E-state index contributed by atoms with van der Waals surface area (Å²) in [7, 11) is 2.23. The zero-order valence-corrected chi connectivity index (χ0v) is 32.1. The lowest BCUT2D eigenvalue weighted by Gasteiger charge is -2.31. The van der Waals surface area contributed by atoms with Gasteiger partial charge < -0.3 is 0 Å². The topological polar surface area (TPSA) is 15.0 Å². The van der Waals surface area contributed by atoms with Crippen LogP contribution in [0.1, 0.15) is 76.9 Å². The van der Waals surface area contributed by atoms with Gasteiger partial charge in [0.15, 0.2) is 0 Å². The molecule has 4 unspecified atom stereocenters. The molecule has 4 atom stereocenters. The number of benzene rings is 4. The van der Waals surface area contributed by atoms with E-state index in [1.807, 2.05) is 12.2 Å². The van der Waals surface area contributed by atoms with E-state index in [0.717, 1.165) is 42.7 Å². The number of hydrogen-bond acceptors (Lipinski definition) is 1. The molecule has 272 valence electrons. The predicted octanol–water partition coefficient (Wildman–Crippen LogP) is 12.0. The van der Waals surface area contributed by atoms with Gasteiger partial charge in [-0.25, -0.2) is 0 Å². The van der Waals surface area contributed by atoms with E-state index in [1.54, 1.807) is 0 Å². The fraction of sp³-hybridized carbons (Fsp3) is 0.167. The van der Waals surface area contributed by atoms with E-state index in [1.165, 1.54) is 61.2 Å². The quantitative estimate of drug-likeness (QED) is 0.109. The summed E-state index contributed by atoms with van der Waals surface area (Å²) >= 11 is 0. The van der Waals surface area contributed by atoms with Crippen LogP contribution in [0, 0.1) is 11.8 Å². The Morgan fingerprint density at radius 2 is 1.61 bits per heavy atom. The van der Waals surface area contributed by atoms with Gasteiger partial charge in [-0.3, -0.25) is 9.89 Å². The van der Waals surface area contributed by atoms with Crippen LogP contribution >= 0.6 is 0 Å². The third kappa shape index (κ3) is 6.65. The van der Waals surface area contributed by atoms with Crippen LogP contribution in [0.5, 0.6) is 0 Å². The van der Waals surface area contributed by atoms with E-state index < -0.39 is 0 Å². The van der Waals surface area contributed by atoms with Gasteiger partial charge in [-0.1, -0.05) is 171 Å². The van der Waals surface area contributed by atoms with Crippen molar-refractivity contribution < 1.29 is 4.58 Å². The Morgan fingerprint density at radius 1 is 0.821 bits per heavy atom. The van der Waals surface area contributed by atoms with Gasteiger partial charge >= 0.3 is 0 Å². The largest absolute Gasteiger partial charge is 0.277 e.